The molecule has 0 radical (unpaired) electrons. The second-order valence-corrected chi connectivity index (χ2v) is 7.20. The van der Waals surface area contributed by atoms with Crippen LogP contribution in [0.1, 0.15) is 18.4 Å². The highest BCUT2D eigenvalue weighted by Crippen LogP contribution is 2.27. The summed E-state index contributed by atoms with van der Waals surface area (Å²) in [5, 5.41) is 9.19. The van der Waals surface area contributed by atoms with Crippen LogP contribution in [0.3, 0.4) is 0 Å². The first-order valence-electron chi connectivity index (χ1n) is 9.57. The van der Waals surface area contributed by atoms with Crippen molar-refractivity contribution in [3.05, 3.63) is 42.0 Å². The van der Waals surface area contributed by atoms with Gasteiger partial charge in [0.05, 0.1) is 30.8 Å². The van der Waals surface area contributed by atoms with Crippen LogP contribution in [-0.2, 0) is 11.3 Å². The van der Waals surface area contributed by atoms with Gasteiger partial charge in [-0.1, -0.05) is 12.1 Å². The second kappa shape index (κ2) is 8.28. The van der Waals surface area contributed by atoms with Crippen molar-refractivity contribution in [3.63, 3.8) is 0 Å². The fourth-order valence-electron chi connectivity index (χ4n) is 3.57. The Balaban J connectivity index is 1.31. The average molecular weight is 388 g/mol. The van der Waals surface area contributed by atoms with Gasteiger partial charge in [0.1, 0.15) is 6.10 Å². The zero-order valence-corrected chi connectivity index (χ0v) is 15.9. The highest BCUT2D eigenvalue weighted by Gasteiger charge is 2.28. The number of aromatic nitrogens is 2. The molecule has 0 aliphatic carbocycles. The van der Waals surface area contributed by atoms with Crippen molar-refractivity contribution in [2.45, 2.75) is 31.7 Å². The van der Waals surface area contributed by atoms with Gasteiger partial charge in [-0.05, 0) is 6.07 Å². The summed E-state index contributed by atoms with van der Waals surface area (Å²) in [5.74, 6) is 0.467. The lowest BCUT2D eigenvalue weighted by Crippen LogP contribution is -2.52. The van der Waals surface area contributed by atoms with Gasteiger partial charge in [-0.2, -0.15) is 0 Å². The maximum atomic E-state index is 14.2. The van der Waals surface area contributed by atoms with E-state index in [0.717, 1.165) is 50.7 Å². The molecule has 0 amide bonds. The summed E-state index contributed by atoms with van der Waals surface area (Å²) in [6.07, 6.45) is 5.50. The van der Waals surface area contributed by atoms with Gasteiger partial charge in [0.15, 0.2) is 11.6 Å². The molecule has 2 aliphatic heterocycles. The molecule has 150 valence electrons. The lowest BCUT2D eigenvalue weighted by atomic mass is 10.1. The zero-order chi connectivity index (χ0) is 19.5. The summed E-state index contributed by atoms with van der Waals surface area (Å²) in [5.41, 5.74) is 1.24. The molecule has 1 aromatic carbocycles. The molecule has 2 fully saturated rings. The largest absolute Gasteiger partial charge is 0.487 e. The number of benzene rings is 1. The Bertz CT molecular complexity index is 791. The minimum atomic E-state index is -0.474. The number of hydrogen-bond acceptors (Lipinski definition) is 7. The van der Waals surface area contributed by atoms with Gasteiger partial charge in [-0.15, -0.1) is 0 Å². The van der Waals surface area contributed by atoms with Crippen molar-refractivity contribution in [2.24, 2.45) is 0 Å². The van der Waals surface area contributed by atoms with E-state index in [4.69, 9.17) is 9.47 Å². The third kappa shape index (κ3) is 3.88. The number of ether oxygens (including phenoxy) is 2. The van der Waals surface area contributed by atoms with Gasteiger partial charge in [0.2, 0.25) is 5.95 Å². The van der Waals surface area contributed by atoms with E-state index in [1.54, 1.807) is 25.3 Å². The summed E-state index contributed by atoms with van der Waals surface area (Å²) >= 11 is 0. The second-order valence-electron chi connectivity index (χ2n) is 7.20. The van der Waals surface area contributed by atoms with Gasteiger partial charge < -0.3 is 24.4 Å². The summed E-state index contributed by atoms with van der Waals surface area (Å²) < 4.78 is 25.3. The van der Waals surface area contributed by atoms with Crippen molar-refractivity contribution in [3.8, 4) is 5.75 Å². The van der Waals surface area contributed by atoms with Gasteiger partial charge >= 0.3 is 0 Å². The quantitative estimate of drug-likeness (QED) is 0.811. The van der Waals surface area contributed by atoms with Crippen LogP contribution in [0.2, 0.25) is 0 Å². The molecular weight excluding hydrogens is 363 g/mol. The molecule has 4 rings (SSSR count). The first-order chi connectivity index (χ1) is 13.7. The molecule has 2 aliphatic rings. The first-order valence-corrected chi connectivity index (χ1v) is 9.57. The maximum Gasteiger partial charge on any atom is 0.225 e. The molecule has 1 N–H and O–H groups in total. The Morgan fingerprint density at radius 2 is 1.82 bits per heavy atom. The third-order valence-electron chi connectivity index (χ3n) is 5.40. The molecule has 0 bridgehead atoms. The van der Waals surface area contributed by atoms with Crippen molar-refractivity contribution < 1.29 is 19.0 Å². The monoisotopic (exact) mass is 388 g/mol. The number of anilines is 2. The molecule has 0 spiro atoms. The lowest BCUT2D eigenvalue weighted by Gasteiger charge is -2.38. The number of aliphatic hydroxyl groups excluding tert-OH is 1. The van der Waals surface area contributed by atoms with E-state index < -0.39 is 5.82 Å². The molecular formula is C20H25FN4O3. The predicted octanol–water partition coefficient (Wildman–Crippen LogP) is 1.99. The number of rotatable bonds is 6. The van der Waals surface area contributed by atoms with E-state index >= 15 is 0 Å². The molecule has 0 unspecified atom stereocenters. The molecule has 7 nitrogen and oxygen atoms in total. The first kappa shape index (κ1) is 18.9. The number of aliphatic hydroxyl groups is 1. The Morgan fingerprint density at radius 3 is 2.46 bits per heavy atom. The van der Waals surface area contributed by atoms with E-state index in [1.807, 2.05) is 12.4 Å². The van der Waals surface area contributed by atoms with Gasteiger partial charge in [-0.25, -0.2) is 14.4 Å². The average Bonchev–Trinajstić information content (AvgIpc) is 2.70. The normalized spacial score (nSPS) is 18.2. The fourth-order valence-corrected chi connectivity index (χ4v) is 3.57. The molecule has 3 heterocycles. The highest BCUT2D eigenvalue weighted by molar-refractivity contribution is 5.46. The summed E-state index contributed by atoms with van der Waals surface area (Å²) in [6, 6.07) is 4.87. The molecule has 8 heteroatoms. The van der Waals surface area contributed by atoms with Crippen LogP contribution >= 0.6 is 0 Å². The van der Waals surface area contributed by atoms with Crippen LogP contribution in [-0.4, -0.2) is 60.6 Å². The Kier molecular flexibility index (Phi) is 5.59. The number of methoxy groups -OCH3 is 1. The van der Waals surface area contributed by atoms with E-state index in [9.17, 15) is 9.50 Å². The van der Waals surface area contributed by atoms with Crippen LogP contribution < -0.4 is 14.5 Å². The van der Waals surface area contributed by atoms with E-state index in [2.05, 4.69) is 19.8 Å². The van der Waals surface area contributed by atoms with Gasteiger partial charge in [0.25, 0.3) is 0 Å². The molecule has 28 heavy (non-hydrogen) atoms. The van der Waals surface area contributed by atoms with Crippen LogP contribution in [0.25, 0.3) is 0 Å². The minimum Gasteiger partial charge on any atom is -0.487 e. The number of halogens is 1. The number of hydrogen-bond donors (Lipinski definition) is 1. The van der Waals surface area contributed by atoms with Crippen molar-refractivity contribution in [2.75, 3.05) is 43.1 Å². The topological polar surface area (TPSA) is 71.0 Å². The molecule has 2 aromatic rings. The maximum absolute atomic E-state index is 14.2. The predicted molar refractivity (Wildman–Crippen MR) is 103 cm³/mol. The van der Waals surface area contributed by atoms with Crippen molar-refractivity contribution in [1.82, 2.24) is 9.97 Å². The zero-order valence-electron chi connectivity index (χ0n) is 15.9. The van der Waals surface area contributed by atoms with Crippen LogP contribution in [0, 0.1) is 5.82 Å². The highest BCUT2D eigenvalue weighted by atomic mass is 19.1. The van der Waals surface area contributed by atoms with Crippen molar-refractivity contribution >= 4 is 11.6 Å². The Labute approximate surface area is 163 Å². The Hall–Kier alpha value is -2.45. The molecule has 0 saturated carbocycles. The number of piperidine rings is 1. The van der Waals surface area contributed by atoms with Crippen LogP contribution in [0.5, 0.6) is 5.75 Å². The fraction of sp³-hybridized carbons (Fsp3) is 0.500. The molecule has 1 aromatic heterocycles. The van der Waals surface area contributed by atoms with Crippen LogP contribution in [0.15, 0.2) is 30.6 Å². The van der Waals surface area contributed by atoms with Crippen molar-refractivity contribution in [1.29, 1.82) is 0 Å². The number of nitrogens with zero attached hydrogens (tertiary/aromatic N) is 4. The summed E-state index contributed by atoms with van der Waals surface area (Å²) in [7, 11) is 1.72. The van der Waals surface area contributed by atoms with E-state index in [1.165, 1.54) is 0 Å². The van der Waals surface area contributed by atoms with Gasteiger partial charge in [-0.3, -0.25) is 0 Å². The van der Waals surface area contributed by atoms with Crippen LogP contribution in [0.4, 0.5) is 16.0 Å². The SMILES string of the molecule is COC1CN(c2ncc(N3CCC(Oc4cccc(CO)c4F)CC3)cn2)C1. The third-order valence-corrected chi connectivity index (χ3v) is 5.40. The van der Waals surface area contributed by atoms with E-state index in [-0.39, 0.29) is 30.1 Å². The molecule has 2 saturated heterocycles. The summed E-state index contributed by atoms with van der Waals surface area (Å²) in [4.78, 5) is 13.3. The Morgan fingerprint density at radius 1 is 1.11 bits per heavy atom. The standard InChI is InChI=1S/C20H25FN4O3/c1-27-17-11-25(12-17)20-22-9-15(10-23-20)24-7-5-16(6-8-24)28-18-4-2-3-14(13-26)19(18)21/h2-4,9-10,16-17,26H,5-8,11-13H2,1H3. The van der Waals surface area contributed by atoms with E-state index in [0.29, 0.717) is 0 Å². The molecule has 0 atom stereocenters. The lowest BCUT2D eigenvalue weighted by molar-refractivity contribution is 0.0778. The smallest absolute Gasteiger partial charge is 0.225 e. The summed E-state index contributed by atoms with van der Waals surface area (Å²) in [6.45, 7) is 2.91. The minimum absolute atomic E-state index is 0.0491. The van der Waals surface area contributed by atoms with Gasteiger partial charge in [0, 0.05) is 51.7 Å².